The quantitative estimate of drug-likeness (QED) is 0.548. The number of rotatable bonds is 4. The maximum absolute atomic E-state index is 12.6. The maximum Gasteiger partial charge on any atom is 0.212 e. The van der Waals surface area contributed by atoms with Crippen molar-refractivity contribution in [2.75, 3.05) is 0 Å². The summed E-state index contributed by atoms with van der Waals surface area (Å²) in [5.41, 5.74) is 0.513. The molecular weight excluding hydrogens is 396 g/mol. The molecule has 0 saturated carbocycles. The Morgan fingerprint density at radius 3 is 2.48 bits per heavy atom. The summed E-state index contributed by atoms with van der Waals surface area (Å²) in [5.74, 6) is -0.905. The van der Waals surface area contributed by atoms with Crippen LogP contribution >= 0.6 is 22.9 Å². The molecule has 140 valence electrons. The lowest BCUT2D eigenvalue weighted by Gasteiger charge is -2.12. The van der Waals surface area contributed by atoms with Gasteiger partial charge in [-0.25, -0.2) is 4.98 Å². The van der Waals surface area contributed by atoms with Crippen molar-refractivity contribution in [3.05, 3.63) is 57.8 Å². The summed E-state index contributed by atoms with van der Waals surface area (Å²) in [7, 11) is 0. The van der Waals surface area contributed by atoms with E-state index in [-0.39, 0.29) is 11.5 Å². The number of Topliss-reactive ketones (excluding diaryl/α,β-unsaturated/α-hetero) is 1. The molecule has 4 atom stereocenters. The smallest absolute Gasteiger partial charge is 0.212 e. The molecule has 8 nitrogen and oxygen atoms in total. The molecule has 0 aliphatic carbocycles. The van der Waals surface area contributed by atoms with Crippen LogP contribution in [0.25, 0.3) is 4.96 Å². The molecule has 1 aromatic carbocycles. The van der Waals surface area contributed by atoms with E-state index in [1.54, 1.807) is 24.3 Å². The maximum atomic E-state index is 12.6. The molecule has 0 bridgehead atoms. The van der Waals surface area contributed by atoms with E-state index in [1.165, 1.54) is 16.8 Å². The van der Waals surface area contributed by atoms with Crippen molar-refractivity contribution in [1.29, 1.82) is 0 Å². The molecule has 1 unspecified atom stereocenters. The first-order valence-electron chi connectivity index (χ1n) is 7.88. The van der Waals surface area contributed by atoms with E-state index in [0.717, 1.165) is 11.3 Å². The molecule has 1 saturated heterocycles. The molecule has 10 heteroatoms. The fourth-order valence-corrected chi connectivity index (χ4v) is 3.88. The van der Waals surface area contributed by atoms with Crippen molar-refractivity contribution in [3.63, 3.8) is 0 Å². The number of carbonyl (C=O) groups excluding carboxylic acids is 2. The Balaban J connectivity index is 1.65. The lowest BCUT2D eigenvalue weighted by molar-refractivity contribution is -0.120. The Hall–Kier alpha value is -2.14. The number of ether oxygens (including phenoxy) is 1. The molecule has 3 heterocycles. The second kappa shape index (κ2) is 6.79. The Kier molecular flexibility index (Phi) is 4.58. The summed E-state index contributed by atoms with van der Waals surface area (Å²) in [4.78, 5) is 30.1. The van der Waals surface area contributed by atoms with Crippen LogP contribution in [0, 0.1) is 0 Å². The Morgan fingerprint density at radius 2 is 1.85 bits per heavy atom. The van der Waals surface area contributed by atoms with Crippen LogP contribution in [-0.2, 0) is 4.74 Å². The number of aromatic nitrogens is 2. The molecular formula is C17H13ClN2O6S. The number of fused-ring (bicyclic) bond motifs is 1. The summed E-state index contributed by atoms with van der Waals surface area (Å²) in [6, 6.07) is 6.42. The summed E-state index contributed by atoms with van der Waals surface area (Å²) >= 11 is 6.93. The van der Waals surface area contributed by atoms with Crippen LogP contribution in [0.2, 0.25) is 5.02 Å². The number of imidazole rings is 1. The van der Waals surface area contributed by atoms with Crippen molar-refractivity contribution >= 4 is 39.5 Å². The van der Waals surface area contributed by atoms with Gasteiger partial charge in [-0.2, -0.15) is 0 Å². The molecule has 0 spiro atoms. The average Bonchev–Trinajstić information content (AvgIpc) is 3.31. The first-order chi connectivity index (χ1) is 12.9. The number of nitrogens with zero attached hydrogens (tertiary/aromatic N) is 2. The van der Waals surface area contributed by atoms with E-state index >= 15 is 0 Å². The SMILES string of the molecule is O=C(c1ccc(Cl)cc1)c1cn2c(C(=O)[C@H]3OC(O)[C@H](O)[C@H]3O)cnc2s1. The minimum atomic E-state index is -1.65. The van der Waals surface area contributed by atoms with Crippen LogP contribution < -0.4 is 0 Å². The lowest BCUT2D eigenvalue weighted by atomic mass is 10.1. The standard InChI is InChI=1S/C17H13ClN2O6S/c18-8-3-1-7(2-4-8)11(21)10-6-20-9(5-19-17(20)27-10)12(22)15-13(23)14(24)16(25)26-15/h1-6,13-16,23-25H/t13-,14-,15-,16?/m1/s1. The summed E-state index contributed by atoms with van der Waals surface area (Å²) in [5, 5.41) is 29.4. The first kappa shape index (κ1) is 18.2. The van der Waals surface area contributed by atoms with Gasteiger partial charge in [0.15, 0.2) is 17.4 Å². The van der Waals surface area contributed by atoms with Gasteiger partial charge >= 0.3 is 0 Å². The Morgan fingerprint density at radius 1 is 1.15 bits per heavy atom. The zero-order chi connectivity index (χ0) is 19.3. The Bertz CT molecular complexity index is 1030. The van der Waals surface area contributed by atoms with Gasteiger partial charge in [-0.05, 0) is 24.3 Å². The van der Waals surface area contributed by atoms with E-state index in [9.17, 15) is 24.9 Å². The van der Waals surface area contributed by atoms with Crippen molar-refractivity contribution in [3.8, 4) is 0 Å². The van der Waals surface area contributed by atoms with E-state index in [2.05, 4.69) is 4.98 Å². The molecule has 3 N–H and O–H groups in total. The van der Waals surface area contributed by atoms with E-state index in [1.807, 2.05) is 0 Å². The van der Waals surface area contributed by atoms with Crippen molar-refractivity contribution in [2.45, 2.75) is 24.6 Å². The number of ketones is 2. The molecule has 1 aliphatic heterocycles. The number of halogens is 1. The van der Waals surface area contributed by atoms with Crippen LogP contribution in [0.1, 0.15) is 25.7 Å². The average molecular weight is 409 g/mol. The monoisotopic (exact) mass is 408 g/mol. The third-order valence-corrected chi connectivity index (χ3v) is 5.54. The van der Waals surface area contributed by atoms with Gasteiger partial charge in [0, 0.05) is 16.8 Å². The van der Waals surface area contributed by atoms with E-state index in [0.29, 0.717) is 20.4 Å². The van der Waals surface area contributed by atoms with Gasteiger partial charge in [-0.1, -0.05) is 22.9 Å². The van der Waals surface area contributed by atoms with Gasteiger partial charge in [0.05, 0.1) is 11.1 Å². The molecule has 0 amide bonds. The molecule has 27 heavy (non-hydrogen) atoms. The van der Waals surface area contributed by atoms with E-state index < -0.39 is 30.4 Å². The van der Waals surface area contributed by atoms with E-state index in [4.69, 9.17) is 16.3 Å². The number of carbonyl (C=O) groups is 2. The normalized spacial score (nSPS) is 25.2. The highest BCUT2D eigenvalue weighted by Crippen LogP contribution is 2.26. The number of aliphatic hydroxyl groups excluding tert-OH is 3. The largest absolute Gasteiger partial charge is 0.387 e. The van der Waals surface area contributed by atoms with Gasteiger partial charge in [-0.3, -0.25) is 14.0 Å². The van der Waals surface area contributed by atoms with Gasteiger partial charge < -0.3 is 20.1 Å². The second-order valence-electron chi connectivity index (χ2n) is 6.02. The topological polar surface area (TPSA) is 121 Å². The molecule has 0 radical (unpaired) electrons. The second-order valence-corrected chi connectivity index (χ2v) is 7.47. The highest BCUT2D eigenvalue weighted by Gasteiger charge is 2.46. The van der Waals surface area contributed by atoms with Crippen LogP contribution in [0.3, 0.4) is 0 Å². The van der Waals surface area contributed by atoms with Crippen LogP contribution in [0.5, 0.6) is 0 Å². The molecule has 4 rings (SSSR count). The summed E-state index contributed by atoms with van der Waals surface area (Å²) in [6.45, 7) is 0. The predicted molar refractivity (Wildman–Crippen MR) is 95.2 cm³/mol. The summed E-state index contributed by atoms with van der Waals surface area (Å²) in [6.07, 6.45) is -3.45. The number of hydrogen-bond acceptors (Lipinski definition) is 8. The molecule has 1 fully saturated rings. The van der Waals surface area contributed by atoms with Crippen LogP contribution in [0.4, 0.5) is 0 Å². The predicted octanol–water partition coefficient (Wildman–Crippen LogP) is 0.902. The molecule has 1 aliphatic rings. The van der Waals surface area contributed by atoms with Gasteiger partial charge in [0.1, 0.15) is 17.9 Å². The van der Waals surface area contributed by atoms with Crippen molar-refractivity contribution < 1.29 is 29.6 Å². The first-order valence-corrected chi connectivity index (χ1v) is 9.07. The molecule has 3 aromatic rings. The summed E-state index contributed by atoms with van der Waals surface area (Å²) < 4.78 is 6.36. The number of aliphatic hydroxyl groups is 3. The Labute approximate surface area is 161 Å². The van der Waals surface area contributed by atoms with Gasteiger partial charge in [-0.15, -0.1) is 0 Å². The minimum Gasteiger partial charge on any atom is -0.387 e. The van der Waals surface area contributed by atoms with Gasteiger partial charge in [0.2, 0.25) is 11.6 Å². The van der Waals surface area contributed by atoms with Gasteiger partial charge in [0.25, 0.3) is 0 Å². The highest BCUT2D eigenvalue weighted by molar-refractivity contribution is 7.19. The molecule has 2 aromatic heterocycles. The zero-order valence-corrected chi connectivity index (χ0v) is 15.1. The number of hydrogen-bond donors (Lipinski definition) is 3. The van der Waals surface area contributed by atoms with Crippen molar-refractivity contribution in [2.24, 2.45) is 0 Å². The third-order valence-electron chi connectivity index (χ3n) is 4.29. The number of thiazole rings is 1. The van der Waals surface area contributed by atoms with Crippen molar-refractivity contribution in [1.82, 2.24) is 9.38 Å². The lowest BCUT2D eigenvalue weighted by Crippen LogP contribution is -2.36. The fourth-order valence-electron chi connectivity index (χ4n) is 2.84. The minimum absolute atomic E-state index is 0.0711. The number of benzene rings is 1. The fraction of sp³-hybridized carbons (Fsp3) is 0.235. The third kappa shape index (κ3) is 3.08. The van der Waals surface area contributed by atoms with Crippen LogP contribution in [0.15, 0.2) is 36.7 Å². The zero-order valence-electron chi connectivity index (χ0n) is 13.5. The highest BCUT2D eigenvalue weighted by atomic mass is 35.5. The van der Waals surface area contributed by atoms with Crippen LogP contribution in [-0.4, -0.2) is 60.9 Å².